The van der Waals surface area contributed by atoms with Crippen LogP contribution in [0.15, 0.2) is 66.9 Å². The van der Waals surface area contributed by atoms with E-state index in [4.69, 9.17) is 15.2 Å². The molecule has 4 nitrogen and oxygen atoms in total. The first kappa shape index (κ1) is 14.9. The number of nitrogen functional groups attached to an aromatic ring is 1. The van der Waals surface area contributed by atoms with E-state index in [1.807, 2.05) is 67.6 Å². The number of aromatic nitrogens is 1. The quantitative estimate of drug-likeness (QED) is 0.761. The fraction of sp³-hybridized carbons (Fsp3) is 0.105. The van der Waals surface area contributed by atoms with E-state index in [2.05, 4.69) is 4.98 Å². The number of rotatable bonds is 5. The summed E-state index contributed by atoms with van der Waals surface area (Å²) in [6, 6.07) is 19.4. The second-order valence-corrected chi connectivity index (χ2v) is 5.24. The topological polar surface area (TPSA) is 57.4 Å². The number of nitrogens with two attached hydrogens (primary N) is 1. The van der Waals surface area contributed by atoms with Gasteiger partial charge in [-0.25, -0.2) is 4.98 Å². The van der Waals surface area contributed by atoms with Crippen LogP contribution in [0.1, 0.15) is 11.1 Å². The minimum Gasteiger partial charge on any atom is -0.489 e. The Bertz CT molecular complexity index is 771. The maximum Gasteiger partial charge on any atom is 0.222 e. The van der Waals surface area contributed by atoms with Crippen molar-refractivity contribution in [3.05, 3.63) is 78.0 Å². The van der Waals surface area contributed by atoms with Crippen LogP contribution in [0.3, 0.4) is 0 Å². The Balaban J connectivity index is 1.63. The van der Waals surface area contributed by atoms with Gasteiger partial charge in [0.2, 0.25) is 5.88 Å². The number of anilines is 1. The fourth-order valence-corrected chi connectivity index (χ4v) is 2.15. The van der Waals surface area contributed by atoms with Gasteiger partial charge >= 0.3 is 0 Å². The van der Waals surface area contributed by atoms with Crippen LogP contribution in [0.5, 0.6) is 17.4 Å². The maximum absolute atomic E-state index is 5.76. The third-order valence-electron chi connectivity index (χ3n) is 3.34. The number of nitrogens with zero attached hydrogens (tertiary/aromatic N) is 1. The maximum atomic E-state index is 5.76. The van der Waals surface area contributed by atoms with Crippen molar-refractivity contribution < 1.29 is 9.47 Å². The molecule has 3 rings (SSSR count). The van der Waals surface area contributed by atoms with Crippen molar-refractivity contribution >= 4 is 5.69 Å². The molecular weight excluding hydrogens is 288 g/mol. The van der Waals surface area contributed by atoms with Crippen molar-refractivity contribution in [2.75, 3.05) is 5.73 Å². The monoisotopic (exact) mass is 306 g/mol. The number of pyridine rings is 1. The Hall–Kier alpha value is -3.01. The Labute approximate surface area is 135 Å². The summed E-state index contributed by atoms with van der Waals surface area (Å²) in [6.07, 6.45) is 1.58. The Morgan fingerprint density at radius 3 is 2.35 bits per heavy atom. The van der Waals surface area contributed by atoms with Gasteiger partial charge in [0, 0.05) is 5.56 Å². The fourth-order valence-electron chi connectivity index (χ4n) is 2.15. The third kappa shape index (κ3) is 4.01. The van der Waals surface area contributed by atoms with E-state index >= 15 is 0 Å². The molecule has 2 aromatic carbocycles. The minimum atomic E-state index is 0.541. The molecule has 0 aliphatic rings. The molecule has 0 radical (unpaired) electrons. The lowest BCUT2D eigenvalue weighted by molar-refractivity contribution is 0.305. The zero-order chi connectivity index (χ0) is 16.1. The van der Waals surface area contributed by atoms with Crippen LogP contribution in [-0.4, -0.2) is 4.98 Å². The van der Waals surface area contributed by atoms with Gasteiger partial charge in [0.15, 0.2) is 0 Å². The van der Waals surface area contributed by atoms with Gasteiger partial charge < -0.3 is 15.2 Å². The molecule has 1 heterocycles. The largest absolute Gasteiger partial charge is 0.489 e. The van der Waals surface area contributed by atoms with Crippen molar-refractivity contribution in [2.24, 2.45) is 0 Å². The van der Waals surface area contributed by atoms with E-state index in [0.29, 0.717) is 23.9 Å². The van der Waals surface area contributed by atoms with Crippen molar-refractivity contribution in [3.8, 4) is 17.4 Å². The molecule has 23 heavy (non-hydrogen) atoms. The zero-order valence-electron chi connectivity index (χ0n) is 12.9. The molecule has 0 saturated heterocycles. The average molecular weight is 306 g/mol. The highest BCUT2D eigenvalue weighted by Crippen LogP contribution is 2.25. The van der Waals surface area contributed by atoms with E-state index in [-0.39, 0.29) is 0 Å². The first-order valence-electron chi connectivity index (χ1n) is 7.37. The van der Waals surface area contributed by atoms with Crippen LogP contribution >= 0.6 is 0 Å². The molecule has 0 bridgehead atoms. The van der Waals surface area contributed by atoms with Gasteiger partial charge in [-0.2, -0.15) is 0 Å². The van der Waals surface area contributed by atoms with E-state index in [1.165, 1.54) is 0 Å². The summed E-state index contributed by atoms with van der Waals surface area (Å²) in [4.78, 5) is 4.19. The van der Waals surface area contributed by atoms with Crippen molar-refractivity contribution in [3.63, 3.8) is 0 Å². The highest BCUT2D eigenvalue weighted by Gasteiger charge is 2.04. The van der Waals surface area contributed by atoms with Crippen LogP contribution in [0.2, 0.25) is 0 Å². The number of hydrogen-bond donors (Lipinski definition) is 1. The second kappa shape index (κ2) is 6.83. The van der Waals surface area contributed by atoms with E-state index in [9.17, 15) is 0 Å². The van der Waals surface area contributed by atoms with E-state index in [0.717, 1.165) is 16.9 Å². The summed E-state index contributed by atoms with van der Waals surface area (Å²) in [5, 5.41) is 0. The SMILES string of the molecule is Cc1cc(N)cnc1Oc1ccc(OCc2ccccc2)cc1. The summed E-state index contributed by atoms with van der Waals surface area (Å²) in [6.45, 7) is 2.45. The number of hydrogen-bond acceptors (Lipinski definition) is 4. The van der Waals surface area contributed by atoms with Crippen molar-refractivity contribution in [1.82, 2.24) is 4.98 Å². The van der Waals surface area contributed by atoms with Crippen molar-refractivity contribution in [1.29, 1.82) is 0 Å². The highest BCUT2D eigenvalue weighted by molar-refractivity contribution is 5.43. The molecule has 4 heteroatoms. The summed E-state index contributed by atoms with van der Waals surface area (Å²) in [7, 11) is 0. The molecule has 0 spiro atoms. The number of benzene rings is 2. The lowest BCUT2D eigenvalue weighted by atomic mass is 10.2. The van der Waals surface area contributed by atoms with Gasteiger partial charge in [0.1, 0.15) is 18.1 Å². The lowest BCUT2D eigenvalue weighted by Gasteiger charge is -2.09. The average Bonchev–Trinajstić information content (AvgIpc) is 2.58. The van der Waals surface area contributed by atoms with E-state index in [1.54, 1.807) is 6.20 Å². The molecule has 0 aliphatic heterocycles. The smallest absolute Gasteiger partial charge is 0.222 e. The lowest BCUT2D eigenvalue weighted by Crippen LogP contribution is -1.96. The highest BCUT2D eigenvalue weighted by atomic mass is 16.5. The van der Waals surface area contributed by atoms with Crippen molar-refractivity contribution in [2.45, 2.75) is 13.5 Å². The Morgan fingerprint density at radius 2 is 1.65 bits per heavy atom. The van der Waals surface area contributed by atoms with Gasteiger partial charge in [-0.1, -0.05) is 30.3 Å². The van der Waals surface area contributed by atoms with Crippen LogP contribution in [0.25, 0.3) is 0 Å². The predicted molar refractivity (Wildman–Crippen MR) is 90.7 cm³/mol. The molecule has 0 unspecified atom stereocenters. The standard InChI is InChI=1S/C19H18N2O2/c1-14-11-16(20)12-21-19(14)23-18-9-7-17(8-10-18)22-13-15-5-3-2-4-6-15/h2-12H,13,20H2,1H3. The molecule has 3 aromatic rings. The van der Waals surface area contributed by atoms with Crippen LogP contribution in [0.4, 0.5) is 5.69 Å². The minimum absolute atomic E-state index is 0.541. The first-order valence-corrected chi connectivity index (χ1v) is 7.37. The van der Waals surface area contributed by atoms with Crippen LogP contribution in [-0.2, 0) is 6.61 Å². The molecule has 0 saturated carbocycles. The summed E-state index contributed by atoms with van der Waals surface area (Å²) in [5.74, 6) is 2.05. The second-order valence-electron chi connectivity index (χ2n) is 5.24. The normalized spacial score (nSPS) is 10.3. The van der Waals surface area contributed by atoms with Gasteiger partial charge in [-0.3, -0.25) is 0 Å². The molecule has 2 N–H and O–H groups in total. The van der Waals surface area contributed by atoms with Gasteiger partial charge in [-0.15, -0.1) is 0 Å². The van der Waals surface area contributed by atoms with Crippen LogP contribution < -0.4 is 15.2 Å². The van der Waals surface area contributed by atoms with Gasteiger partial charge in [0.05, 0.1) is 11.9 Å². The molecule has 0 fully saturated rings. The van der Waals surface area contributed by atoms with Gasteiger partial charge in [-0.05, 0) is 42.8 Å². The number of ether oxygens (including phenoxy) is 2. The van der Waals surface area contributed by atoms with E-state index < -0.39 is 0 Å². The molecule has 0 atom stereocenters. The molecule has 0 amide bonds. The molecular formula is C19H18N2O2. The summed E-state index contributed by atoms with van der Waals surface area (Å²) >= 11 is 0. The molecule has 0 aliphatic carbocycles. The summed E-state index contributed by atoms with van der Waals surface area (Å²) in [5.41, 5.74) is 8.34. The zero-order valence-corrected chi connectivity index (χ0v) is 12.9. The molecule has 116 valence electrons. The Kier molecular flexibility index (Phi) is 4.43. The summed E-state index contributed by atoms with van der Waals surface area (Å²) < 4.78 is 11.5. The first-order chi connectivity index (χ1) is 11.2. The Morgan fingerprint density at radius 1 is 0.957 bits per heavy atom. The number of aryl methyl sites for hydroxylation is 1. The molecule has 1 aromatic heterocycles. The van der Waals surface area contributed by atoms with Crippen LogP contribution in [0, 0.1) is 6.92 Å². The third-order valence-corrected chi connectivity index (χ3v) is 3.34. The predicted octanol–water partition coefficient (Wildman–Crippen LogP) is 4.34. The van der Waals surface area contributed by atoms with Gasteiger partial charge in [0.25, 0.3) is 0 Å².